The van der Waals surface area contributed by atoms with Crippen molar-refractivity contribution in [2.75, 3.05) is 5.73 Å². The minimum atomic E-state index is 0.576. The number of aromatic nitrogens is 2. The van der Waals surface area contributed by atoms with Crippen LogP contribution >= 0.6 is 0 Å². The first kappa shape index (κ1) is 7.28. The van der Waals surface area contributed by atoms with Gasteiger partial charge in [-0.1, -0.05) is 6.58 Å². The molecule has 1 fully saturated rings. The summed E-state index contributed by atoms with van der Waals surface area (Å²) < 4.78 is 0. The topological polar surface area (TPSA) is 51.8 Å². The molecule has 1 saturated carbocycles. The van der Waals surface area contributed by atoms with E-state index in [1.54, 1.807) is 12.4 Å². The minimum Gasteiger partial charge on any atom is -0.395 e. The quantitative estimate of drug-likeness (QED) is 0.716. The molecule has 0 unspecified atom stereocenters. The zero-order valence-corrected chi connectivity index (χ0v) is 6.83. The highest BCUT2D eigenvalue weighted by Gasteiger charge is 2.27. The lowest BCUT2D eigenvalue weighted by molar-refractivity contribution is 0.989. The van der Waals surface area contributed by atoms with Crippen molar-refractivity contribution >= 4 is 11.8 Å². The van der Waals surface area contributed by atoms with E-state index in [0.717, 1.165) is 11.4 Å². The Kier molecular flexibility index (Phi) is 1.57. The van der Waals surface area contributed by atoms with Crippen LogP contribution in [0.5, 0.6) is 0 Å². The van der Waals surface area contributed by atoms with Gasteiger partial charge in [0.1, 0.15) is 6.33 Å². The van der Waals surface area contributed by atoms with Crippen LogP contribution in [0.2, 0.25) is 0 Å². The number of nitrogen functional groups attached to an aromatic ring is 1. The van der Waals surface area contributed by atoms with Crippen molar-refractivity contribution in [1.82, 2.24) is 9.97 Å². The van der Waals surface area contributed by atoms with E-state index in [9.17, 15) is 0 Å². The van der Waals surface area contributed by atoms with E-state index in [1.807, 2.05) is 0 Å². The van der Waals surface area contributed by atoms with Crippen molar-refractivity contribution in [2.45, 2.75) is 18.8 Å². The Morgan fingerprint density at radius 2 is 2.25 bits per heavy atom. The molecule has 3 heteroatoms. The van der Waals surface area contributed by atoms with Crippen molar-refractivity contribution < 1.29 is 0 Å². The van der Waals surface area contributed by atoms with Crippen molar-refractivity contribution in [1.29, 1.82) is 0 Å². The van der Waals surface area contributed by atoms with Gasteiger partial charge in [0.25, 0.3) is 0 Å². The average Bonchev–Trinajstić information content (AvgIpc) is 2.88. The first-order chi connectivity index (χ1) is 5.83. The molecule has 0 aliphatic heterocycles. The van der Waals surface area contributed by atoms with Gasteiger partial charge in [0.05, 0.1) is 17.1 Å². The fourth-order valence-electron chi connectivity index (χ4n) is 1.27. The molecule has 0 bridgehead atoms. The molecule has 1 aromatic rings. The Balaban J connectivity index is 2.47. The van der Waals surface area contributed by atoms with Gasteiger partial charge in [0, 0.05) is 5.92 Å². The fraction of sp³-hybridized carbons (Fsp3) is 0.333. The first-order valence-corrected chi connectivity index (χ1v) is 4.05. The highest BCUT2D eigenvalue weighted by Crippen LogP contribution is 2.41. The summed E-state index contributed by atoms with van der Waals surface area (Å²) >= 11 is 0. The third-order valence-electron chi connectivity index (χ3n) is 2.10. The molecule has 0 amide bonds. The maximum Gasteiger partial charge on any atom is 0.116 e. The van der Waals surface area contributed by atoms with E-state index in [2.05, 4.69) is 16.5 Å². The number of rotatable bonds is 2. The van der Waals surface area contributed by atoms with Crippen LogP contribution in [-0.4, -0.2) is 9.97 Å². The summed E-state index contributed by atoms with van der Waals surface area (Å²) in [6.45, 7) is 3.64. The van der Waals surface area contributed by atoms with Gasteiger partial charge in [-0.2, -0.15) is 0 Å². The first-order valence-electron chi connectivity index (χ1n) is 4.05. The van der Waals surface area contributed by atoms with Gasteiger partial charge in [-0.05, 0) is 18.9 Å². The van der Waals surface area contributed by atoms with Gasteiger partial charge in [-0.3, -0.25) is 0 Å². The molecule has 12 heavy (non-hydrogen) atoms. The van der Waals surface area contributed by atoms with E-state index in [0.29, 0.717) is 11.6 Å². The standard InChI is InChI=1S/C9H11N3/c1-2-7-8(10)9(6-3-4-6)12-5-11-7/h2,5-6H,1,3-4,10H2. The van der Waals surface area contributed by atoms with E-state index in [-0.39, 0.29) is 0 Å². The number of hydrogen-bond acceptors (Lipinski definition) is 3. The average molecular weight is 161 g/mol. The monoisotopic (exact) mass is 161 g/mol. The van der Waals surface area contributed by atoms with Crippen LogP contribution in [0.15, 0.2) is 12.9 Å². The molecule has 1 aliphatic rings. The second-order valence-electron chi connectivity index (χ2n) is 3.04. The molecule has 1 heterocycles. The Bertz CT molecular complexity index is 316. The molecule has 1 aromatic heterocycles. The summed E-state index contributed by atoms with van der Waals surface area (Å²) in [6.07, 6.45) is 5.64. The predicted molar refractivity (Wildman–Crippen MR) is 48.5 cm³/mol. The summed E-state index contributed by atoms with van der Waals surface area (Å²) in [5.74, 6) is 0.576. The van der Waals surface area contributed by atoms with Crippen LogP contribution in [0.4, 0.5) is 5.69 Å². The summed E-state index contributed by atoms with van der Waals surface area (Å²) in [5.41, 5.74) is 8.30. The van der Waals surface area contributed by atoms with Crippen LogP contribution < -0.4 is 5.73 Å². The van der Waals surface area contributed by atoms with Crippen LogP contribution in [-0.2, 0) is 0 Å². The Hall–Kier alpha value is -1.38. The van der Waals surface area contributed by atoms with Gasteiger partial charge < -0.3 is 5.73 Å². The van der Waals surface area contributed by atoms with Crippen molar-refractivity contribution in [3.05, 3.63) is 24.3 Å². The molecule has 2 N–H and O–H groups in total. The Morgan fingerprint density at radius 1 is 1.50 bits per heavy atom. The summed E-state index contributed by atoms with van der Waals surface area (Å²) in [7, 11) is 0. The van der Waals surface area contributed by atoms with Gasteiger partial charge >= 0.3 is 0 Å². The molecule has 0 radical (unpaired) electrons. The van der Waals surface area contributed by atoms with Crippen molar-refractivity contribution in [3.8, 4) is 0 Å². The largest absolute Gasteiger partial charge is 0.395 e. The summed E-state index contributed by atoms with van der Waals surface area (Å²) in [5, 5.41) is 0. The molecule has 0 spiro atoms. The number of nitrogens with two attached hydrogens (primary N) is 1. The molecule has 0 atom stereocenters. The summed E-state index contributed by atoms with van der Waals surface area (Å²) in [6, 6.07) is 0. The van der Waals surface area contributed by atoms with Crippen LogP contribution in [0.1, 0.15) is 30.1 Å². The molecule has 0 aromatic carbocycles. The molecular formula is C9H11N3. The highest BCUT2D eigenvalue weighted by atomic mass is 14.9. The maximum absolute atomic E-state index is 5.84. The molecular weight excluding hydrogens is 150 g/mol. The van der Waals surface area contributed by atoms with Gasteiger partial charge in [-0.15, -0.1) is 0 Å². The second kappa shape index (κ2) is 2.59. The van der Waals surface area contributed by atoms with E-state index >= 15 is 0 Å². The normalized spacial score (nSPS) is 16.0. The van der Waals surface area contributed by atoms with Gasteiger partial charge in [-0.25, -0.2) is 9.97 Å². The number of anilines is 1. The third kappa shape index (κ3) is 1.07. The predicted octanol–water partition coefficient (Wildman–Crippen LogP) is 1.58. The van der Waals surface area contributed by atoms with Gasteiger partial charge in [0.2, 0.25) is 0 Å². The van der Waals surface area contributed by atoms with Crippen LogP contribution in [0.25, 0.3) is 6.08 Å². The molecule has 2 rings (SSSR count). The summed E-state index contributed by atoms with van der Waals surface area (Å²) in [4.78, 5) is 8.18. The Morgan fingerprint density at radius 3 is 2.83 bits per heavy atom. The molecule has 62 valence electrons. The smallest absolute Gasteiger partial charge is 0.116 e. The second-order valence-corrected chi connectivity index (χ2v) is 3.04. The SMILES string of the molecule is C=Cc1ncnc(C2CC2)c1N. The van der Waals surface area contributed by atoms with Gasteiger partial charge in [0.15, 0.2) is 0 Å². The minimum absolute atomic E-state index is 0.576. The fourth-order valence-corrected chi connectivity index (χ4v) is 1.27. The lowest BCUT2D eigenvalue weighted by atomic mass is 10.2. The molecule has 1 aliphatic carbocycles. The van der Waals surface area contributed by atoms with Crippen molar-refractivity contribution in [2.24, 2.45) is 0 Å². The van der Waals surface area contributed by atoms with E-state index < -0.39 is 0 Å². The third-order valence-corrected chi connectivity index (χ3v) is 2.10. The van der Waals surface area contributed by atoms with E-state index in [4.69, 9.17) is 5.73 Å². The maximum atomic E-state index is 5.84. The number of nitrogens with zero attached hydrogens (tertiary/aromatic N) is 2. The zero-order valence-electron chi connectivity index (χ0n) is 6.83. The number of hydrogen-bond donors (Lipinski definition) is 1. The molecule has 3 nitrogen and oxygen atoms in total. The van der Waals surface area contributed by atoms with Crippen LogP contribution in [0, 0.1) is 0 Å². The van der Waals surface area contributed by atoms with Crippen LogP contribution in [0.3, 0.4) is 0 Å². The zero-order chi connectivity index (χ0) is 8.55. The lowest BCUT2D eigenvalue weighted by Gasteiger charge is -2.03. The highest BCUT2D eigenvalue weighted by molar-refractivity contribution is 5.62. The molecule has 0 saturated heterocycles. The van der Waals surface area contributed by atoms with Crippen molar-refractivity contribution in [3.63, 3.8) is 0 Å². The van der Waals surface area contributed by atoms with E-state index in [1.165, 1.54) is 12.8 Å². The lowest BCUT2D eigenvalue weighted by Crippen LogP contribution is -2.00. The Labute approximate surface area is 71.3 Å².